The Hall–Kier alpha value is -4.24. The minimum absolute atomic E-state index is 0.0206. The minimum Gasteiger partial charge on any atom is -0.340 e. The first kappa shape index (κ1) is 18.8. The van der Waals surface area contributed by atoms with Crippen LogP contribution >= 0.6 is 0 Å². The predicted octanol–water partition coefficient (Wildman–Crippen LogP) is 6.88. The number of nitrogens with one attached hydrogen (secondary N) is 1. The van der Waals surface area contributed by atoms with Crippen LogP contribution < -0.4 is 5.32 Å². The van der Waals surface area contributed by atoms with Crippen molar-refractivity contribution >= 4 is 28.2 Å². The highest BCUT2D eigenvalue weighted by atomic mass is 16.1. The zero-order chi connectivity index (χ0) is 21.0. The second-order valence-corrected chi connectivity index (χ2v) is 7.30. The van der Waals surface area contributed by atoms with E-state index >= 15 is 0 Å². The molecule has 5 rings (SSSR count). The smallest absolute Gasteiger partial charge is 0.195 e. The fraction of sp³-hybridized carbons (Fsp3) is 0. The van der Waals surface area contributed by atoms with Crippen molar-refractivity contribution in [3.8, 4) is 11.1 Å². The number of aromatic nitrogens is 1. The van der Waals surface area contributed by atoms with E-state index in [0.717, 1.165) is 27.7 Å². The van der Waals surface area contributed by atoms with E-state index in [0.29, 0.717) is 16.9 Å². The van der Waals surface area contributed by atoms with Crippen LogP contribution in [0.1, 0.15) is 15.9 Å². The second kappa shape index (κ2) is 8.25. The number of carbonyl (C=O) groups is 1. The van der Waals surface area contributed by atoms with Gasteiger partial charge in [0.25, 0.3) is 0 Å². The first-order valence-corrected chi connectivity index (χ1v) is 10.2. The molecule has 0 radical (unpaired) electrons. The number of hydrogen-bond acceptors (Lipinski definition) is 3. The van der Waals surface area contributed by atoms with Gasteiger partial charge in [0.1, 0.15) is 5.82 Å². The van der Waals surface area contributed by atoms with Crippen LogP contribution in [0, 0.1) is 0 Å². The monoisotopic (exact) mass is 400 g/mol. The number of para-hydroxylation sites is 2. The standard InChI is InChI=1S/C28H20N2O/c31-28(21-13-5-2-6-14-21)23-16-8-10-18-26(23)30-27-19-24(20-11-3-1-4-12-20)22-15-7-9-17-25(22)29-27/h1-19H,(H,29,30). The van der Waals surface area contributed by atoms with Gasteiger partial charge in [-0.2, -0.15) is 0 Å². The Morgan fingerprint density at radius 3 is 2.13 bits per heavy atom. The Bertz CT molecular complexity index is 1360. The summed E-state index contributed by atoms with van der Waals surface area (Å²) in [7, 11) is 0. The maximum atomic E-state index is 13.1. The van der Waals surface area contributed by atoms with Gasteiger partial charge in [-0.3, -0.25) is 4.79 Å². The van der Waals surface area contributed by atoms with Crippen molar-refractivity contribution in [2.24, 2.45) is 0 Å². The van der Waals surface area contributed by atoms with E-state index in [9.17, 15) is 4.79 Å². The fourth-order valence-corrected chi connectivity index (χ4v) is 3.77. The van der Waals surface area contributed by atoms with Gasteiger partial charge >= 0.3 is 0 Å². The third-order valence-electron chi connectivity index (χ3n) is 5.27. The largest absolute Gasteiger partial charge is 0.340 e. The lowest BCUT2D eigenvalue weighted by Crippen LogP contribution is -2.06. The van der Waals surface area contributed by atoms with Crippen molar-refractivity contribution in [1.82, 2.24) is 4.98 Å². The maximum Gasteiger partial charge on any atom is 0.195 e. The van der Waals surface area contributed by atoms with Gasteiger partial charge < -0.3 is 5.32 Å². The third kappa shape index (κ3) is 3.81. The average Bonchev–Trinajstić information content (AvgIpc) is 2.84. The molecular weight excluding hydrogens is 380 g/mol. The van der Waals surface area contributed by atoms with E-state index in [1.807, 2.05) is 97.1 Å². The number of hydrogen-bond donors (Lipinski definition) is 1. The first-order chi connectivity index (χ1) is 15.3. The molecule has 5 aromatic rings. The van der Waals surface area contributed by atoms with Gasteiger partial charge in [-0.15, -0.1) is 0 Å². The van der Waals surface area contributed by atoms with Gasteiger partial charge in [-0.05, 0) is 35.4 Å². The lowest BCUT2D eigenvalue weighted by molar-refractivity contribution is 0.103. The molecule has 0 bridgehead atoms. The summed E-state index contributed by atoms with van der Waals surface area (Å²) in [4.78, 5) is 17.9. The number of benzene rings is 4. The second-order valence-electron chi connectivity index (χ2n) is 7.30. The van der Waals surface area contributed by atoms with E-state index in [1.54, 1.807) is 0 Å². The van der Waals surface area contributed by atoms with Gasteiger partial charge in [0.2, 0.25) is 0 Å². The summed E-state index contributed by atoms with van der Waals surface area (Å²) in [5, 5.41) is 4.48. The average molecular weight is 400 g/mol. The third-order valence-corrected chi connectivity index (χ3v) is 5.27. The molecule has 1 aromatic heterocycles. The quantitative estimate of drug-likeness (QED) is 0.327. The number of ketones is 1. The molecule has 0 aliphatic heterocycles. The molecule has 0 aliphatic rings. The molecule has 0 amide bonds. The van der Waals surface area contributed by atoms with Crippen LogP contribution in [0.15, 0.2) is 115 Å². The molecule has 1 N–H and O–H groups in total. The summed E-state index contributed by atoms with van der Waals surface area (Å²) < 4.78 is 0. The lowest BCUT2D eigenvalue weighted by Gasteiger charge is -2.14. The summed E-state index contributed by atoms with van der Waals surface area (Å²) in [6.45, 7) is 0. The van der Waals surface area contributed by atoms with Crippen LogP contribution in [-0.2, 0) is 0 Å². The normalized spacial score (nSPS) is 10.7. The zero-order valence-corrected chi connectivity index (χ0v) is 16.8. The highest BCUT2D eigenvalue weighted by molar-refractivity contribution is 6.12. The van der Waals surface area contributed by atoms with Crippen LogP contribution in [0.25, 0.3) is 22.0 Å². The van der Waals surface area contributed by atoms with E-state index in [1.165, 1.54) is 0 Å². The van der Waals surface area contributed by atoms with Crippen molar-refractivity contribution in [3.63, 3.8) is 0 Å². The molecule has 3 nitrogen and oxygen atoms in total. The number of fused-ring (bicyclic) bond motifs is 1. The van der Waals surface area contributed by atoms with Crippen LogP contribution in [0.5, 0.6) is 0 Å². The molecule has 3 heteroatoms. The Balaban J connectivity index is 1.59. The molecular formula is C28H20N2O. The molecule has 0 aliphatic carbocycles. The lowest BCUT2D eigenvalue weighted by atomic mass is 10.0. The molecule has 4 aromatic carbocycles. The number of rotatable bonds is 5. The Kier molecular flexibility index (Phi) is 4.99. The fourth-order valence-electron chi connectivity index (χ4n) is 3.77. The SMILES string of the molecule is O=C(c1ccccc1)c1ccccc1Nc1cc(-c2ccccc2)c2ccccc2n1. The van der Waals surface area contributed by atoms with Gasteiger partial charge in [-0.25, -0.2) is 4.98 Å². The molecule has 148 valence electrons. The molecule has 0 unspecified atom stereocenters. The molecule has 0 atom stereocenters. The van der Waals surface area contributed by atoms with Crippen molar-refractivity contribution < 1.29 is 4.79 Å². The highest BCUT2D eigenvalue weighted by Crippen LogP contribution is 2.32. The summed E-state index contributed by atoms with van der Waals surface area (Å²) in [6.07, 6.45) is 0. The summed E-state index contributed by atoms with van der Waals surface area (Å²) in [5.41, 5.74) is 5.13. The molecule has 0 spiro atoms. The minimum atomic E-state index is -0.0206. The molecule has 1 heterocycles. The Morgan fingerprint density at radius 1 is 0.677 bits per heavy atom. The van der Waals surface area contributed by atoms with Crippen LogP contribution in [-0.4, -0.2) is 10.8 Å². The van der Waals surface area contributed by atoms with Crippen molar-refractivity contribution in [1.29, 1.82) is 0 Å². The van der Waals surface area contributed by atoms with Crippen molar-refractivity contribution in [2.45, 2.75) is 0 Å². The van der Waals surface area contributed by atoms with Crippen LogP contribution in [0.4, 0.5) is 11.5 Å². The van der Waals surface area contributed by atoms with E-state index in [-0.39, 0.29) is 5.78 Å². The summed E-state index contributed by atoms with van der Waals surface area (Å²) in [6, 6.07) is 37.3. The predicted molar refractivity (Wildman–Crippen MR) is 127 cm³/mol. The van der Waals surface area contributed by atoms with Gasteiger partial charge in [0.15, 0.2) is 5.78 Å². The molecule has 0 saturated carbocycles. The van der Waals surface area contributed by atoms with Gasteiger partial charge in [0.05, 0.1) is 11.2 Å². The van der Waals surface area contributed by atoms with Crippen LogP contribution in [0.3, 0.4) is 0 Å². The number of nitrogens with zero attached hydrogens (tertiary/aromatic N) is 1. The van der Waals surface area contributed by atoms with E-state index in [2.05, 4.69) is 23.5 Å². The Morgan fingerprint density at radius 2 is 1.32 bits per heavy atom. The Labute approximate surface area is 181 Å². The van der Waals surface area contributed by atoms with Gasteiger partial charge in [0, 0.05) is 16.5 Å². The highest BCUT2D eigenvalue weighted by Gasteiger charge is 2.14. The van der Waals surface area contributed by atoms with E-state index < -0.39 is 0 Å². The van der Waals surface area contributed by atoms with Crippen molar-refractivity contribution in [2.75, 3.05) is 5.32 Å². The number of anilines is 2. The molecule has 0 saturated heterocycles. The van der Waals surface area contributed by atoms with Crippen LogP contribution in [0.2, 0.25) is 0 Å². The maximum absolute atomic E-state index is 13.1. The zero-order valence-electron chi connectivity index (χ0n) is 16.8. The van der Waals surface area contributed by atoms with E-state index in [4.69, 9.17) is 4.98 Å². The summed E-state index contributed by atoms with van der Waals surface area (Å²) >= 11 is 0. The van der Waals surface area contributed by atoms with Gasteiger partial charge in [-0.1, -0.05) is 91.0 Å². The van der Waals surface area contributed by atoms with Crippen molar-refractivity contribution in [3.05, 3.63) is 126 Å². The first-order valence-electron chi connectivity index (χ1n) is 10.2. The topological polar surface area (TPSA) is 42.0 Å². The molecule has 31 heavy (non-hydrogen) atoms. The number of carbonyl (C=O) groups excluding carboxylic acids is 1. The summed E-state index contributed by atoms with van der Waals surface area (Å²) in [5.74, 6) is 0.679. The molecule has 0 fully saturated rings. The number of pyridine rings is 1.